The summed E-state index contributed by atoms with van der Waals surface area (Å²) >= 11 is 0. The van der Waals surface area contributed by atoms with Gasteiger partial charge in [-0.3, -0.25) is 9.97 Å². The van der Waals surface area contributed by atoms with Gasteiger partial charge in [0.15, 0.2) is 0 Å². The highest BCUT2D eigenvalue weighted by Gasteiger charge is 2.51. The lowest BCUT2D eigenvalue weighted by atomic mass is 10.0. The van der Waals surface area contributed by atoms with Crippen molar-refractivity contribution in [3.8, 4) is 56.0 Å². The van der Waals surface area contributed by atoms with Gasteiger partial charge in [0, 0.05) is 57.5 Å². The smallest absolute Gasteiger partial charge is 0.261 e. The van der Waals surface area contributed by atoms with E-state index >= 15 is 0 Å². The minimum Gasteiger partial charge on any atom is -0.494 e. The number of unbranched alkanes of at least 4 members (excludes halogenated alkanes) is 6. The van der Waals surface area contributed by atoms with Crippen LogP contribution in [0.5, 0.6) is 11.5 Å². The third-order valence-electron chi connectivity index (χ3n) is 25.0. The molecular weight excluding hydrogens is 1800 g/mol. The SMILES string of the molecule is CC(C)(C)[Si](OCCCCCCOc1ccc(-c2c3nc(c(-c4cc5nc(c4)COCCOCCOCCOCCOCCOCCOC5)c4ccc([nH]4)c(-c4ccc(OCCCCCCO[Si](c5ccccc5)(c5ccccc5)C(C)(C)C)cc4)c4nc(c(-c5cc6nc(c5)COCCOCCOCCOCCOCCOCCOC6)c5ccc2[nH]5)C=C4)C=C3)cc1)(c1ccccc1)c1ccccc1. The molecule has 4 aliphatic rings. The van der Waals surface area contributed by atoms with Gasteiger partial charge < -0.3 is 94.6 Å². The van der Waals surface area contributed by atoms with Gasteiger partial charge in [-0.25, -0.2) is 9.97 Å². The van der Waals surface area contributed by atoms with Crippen LogP contribution in [-0.4, -0.2) is 232 Å². The molecule has 15 rings (SSSR count). The van der Waals surface area contributed by atoms with E-state index in [0.717, 1.165) is 141 Å². The summed E-state index contributed by atoms with van der Waals surface area (Å²) in [4.78, 5) is 30.0. The summed E-state index contributed by atoms with van der Waals surface area (Å²) in [5.74, 6) is 1.53. The second-order valence-electron chi connectivity index (χ2n) is 37.1. The third kappa shape index (κ3) is 29.4. The zero-order valence-electron chi connectivity index (χ0n) is 82.5. The maximum atomic E-state index is 7.28. The molecule has 5 aromatic heterocycles. The van der Waals surface area contributed by atoms with Gasteiger partial charge in [0.2, 0.25) is 0 Å². The maximum Gasteiger partial charge on any atom is 0.261 e. The zero-order valence-corrected chi connectivity index (χ0v) is 84.5. The number of H-pyrrole nitrogens is 2. The molecule has 12 bridgehead atoms. The van der Waals surface area contributed by atoms with Crippen molar-refractivity contribution in [1.29, 1.82) is 0 Å². The highest BCUT2D eigenvalue weighted by molar-refractivity contribution is 7.00. The predicted molar refractivity (Wildman–Crippen MR) is 558 cm³/mol. The molecule has 0 saturated heterocycles. The number of rotatable bonds is 26. The van der Waals surface area contributed by atoms with Crippen LogP contribution >= 0.6 is 0 Å². The molecule has 26 heteroatoms. The molecule has 0 aliphatic carbocycles. The summed E-state index contributed by atoms with van der Waals surface area (Å²) in [6.45, 7) is 27.0. The van der Waals surface area contributed by atoms with Crippen LogP contribution in [0.25, 0.3) is 90.9 Å². The molecule has 4 aliphatic heterocycles. The molecule has 140 heavy (non-hydrogen) atoms. The van der Waals surface area contributed by atoms with Crippen LogP contribution in [0.15, 0.2) is 218 Å². The molecule has 0 radical (unpaired) electrons. The highest BCUT2D eigenvalue weighted by atomic mass is 28.4. The van der Waals surface area contributed by atoms with Crippen molar-refractivity contribution in [3.05, 3.63) is 264 Å². The topological polar surface area (TPSA) is 249 Å². The predicted octanol–water partition coefficient (Wildman–Crippen LogP) is 19.4. The fourth-order valence-electron chi connectivity index (χ4n) is 18.4. The Morgan fingerprint density at radius 1 is 0.243 bits per heavy atom. The largest absolute Gasteiger partial charge is 0.494 e. The summed E-state index contributed by atoms with van der Waals surface area (Å²) < 4.78 is 112. The number of fused-ring (bicyclic) bond motifs is 12. The van der Waals surface area contributed by atoms with Gasteiger partial charge in [-0.05, 0) is 189 Å². The van der Waals surface area contributed by atoms with Gasteiger partial charge in [-0.1, -0.05) is 200 Å². The number of nitrogens with one attached hydrogen (secondary N) is 2. The first-order chi connectivity index (χ1) is 68.8. The Hall–Kier alpha value is -10.4. The molecule has 0 spiro atoms. The van der Waals surface area contributed by atoms with Gasteiger partial charge in [0.25, 0.3) is 16.6 Å². The number of aromatic nitrogens is 6. The Morgan fingerprint density at radius 3 is 0.700 bits per heavy atom. The molecule has 0 amide bonds. The molecule has 6 aromatic carbocycles. The van der Waals surface area contributed by atoms with Crippen molar-refractivity contribution in [2.24, 2.45) is 0 Å². The van der Waals surface area contributed by atoms with Crippen molar-refractivity contribution in [1.82, 2.24) is 29.9 Å². The summed E-state index contributed by atoms with van der Waals surface area (Å²) in [6.07, 6.45) is 16.1. The maximum absolute atomic E-state index is 7.28. The third-order valence-corrected chi connectivity index (χ3v) is 35.1. The van der Waals surface area contributed by atoms with Crippen molar-refractivity contribution >= 4 is 83.8 Å². The Labute approximate surface area is 827 Å². The first kappa shape index (κ1) is 104. The fraction of sp³-hybridized carbons (Fsp3) is 0.421. The monoisotopic (exact) mass is 1940 g/mol. The number of nitrogens with zero attached hydrogens (tertiary/aromatic N) is 4. The van der Waals surface area contributed by atoms with Crippen LogP contribution < -0.4 is 30.2 Å². The van der Waals surface area contributed by atoms with E-state index in [-0.39, 0.29) is 36.5 Å². The minimum atomic E-state index is -2.65. The van der Waals surface area contributed by atoms with E-state index in [9.17, 15) is 0 Å². The molecular formula is C114H140N6O18Si2. The van der Waals surface area contributed by atoms with Gasteiger partial charge in [-0.2, -0.15) is 0 Å². The number of aromatic amines is 2. The van der Waals surface area contributed by atoms with Gasteiger partial charge >= 0.3 is 0 Å². The molecule has 0 unspecified atom stereocenters. The second-order valence-corrected chi connectivity index (χ2v) is 45.7. The average molecular weight is 1940 g/mol. The van der Waals surface area contributed by atoms with Gasteiger partial charge in [0.1, 0.15) is 11.5 Å². The summed E-state index contributed by atoms with van der Waals surface area (Å²) in [5, 5.41) is 4.97. The van der Waals surface area contributed by atoms with E-state index in [2.05, 4.69) is 294 Å². The highest BCUT2D eigenvalue weighted by Crippen LogP contribution is 2.43. The van der Waals surface area contributed by atoms with Crippen LogP contribution in [0, 0.1) is 0 Å². The standard InChI is InChI=1S/C114H140N6O18Si2/c1-113(2,3)139(97-27-15-11-16-28-97,98-29-17-12-18-30-98)137-53-25-9-7-23-51-135-95-39-35-87(36-40-95)109-101-43-47-105(117-101)111(89-79-91-83-131-75-71-127-67-63-123-59-55-121-56-60-124-64-68-128-72-76-132-84-92(80-89)115-91)107-49-45-103(119-107)110(88-37-41-96(42-38-88)136-52-24-8-10-26-54-138-140(114(4,5)6,99-31-19-13-20-32-99)100-33-21-14-22-34-100)104-46-50-108(120-104)112(106-48-44-102(109)118-106)90-81-93-85-133-77-73-129-69-65-125-61-57-122-58-62-126-66-70-130-74-78-134-86-94(82-90)116-93/h11-22,27-50,79-82,117,120H,7-10,23-26,51-78,83-86H2,1-6H3. The van der Waals surface area contributed by atoms with E-state index < -0.39 is 16.6 Å². The quantitative estimate of drug-likeness (QED) is 0.0378. The van der Waals surface area contributed by atoms with E-state index in [1.54, 1.807) is 0 Å². The van der Waals surface area contributed by atoms with Crippen LogP contribution in [0.2, 0.25) is 10.1 Å². The molecule has 9 heterocycles. The summed E-state index contributed by atoms with van der Waals surface area (Å²) in [7, 11) is -5.30. The van der Waals surface area contributed by atoms with Crippen LogP contribution in [0.1, 0.15) is 138 Å². The van der Waals surface area contributed by atoms with Crippen molar-refractivity contribution in [2.75, 3.05) is 185 Å². The van der Waals surface area contributed by atoms with Crippen LogP contribution in [0.3, 0.4) is 0 Å². The Balaban J connectivity index is 0.787. The molecule has 11 aromatic rings. The molecule has 742 valence electrons. The average Bonchev–Trinajstić information content (AvgIpc) is 0.930. The van der Waals surface area contributed by atoms with Crippen molar-refractivity contribution in [3.63, 3.8) is 0 Å². The lowest BCUT2D eigenvalue weighted by Crippen LogP contribution is -2.66. The summed E-state index contributed by atoms with van der Waals surface area (Å²) in [6, 6.07) is 77.2. The Morgan fingerprint density at radius 2 is 0.464 bits per heavy atom. The molecule has 2 N–H and O–H groups in total. The lowest BCUT2D eigenvalue weighted by Gasteiger charge is -2.43. The number of hydrogen-bond acceptors (Lipinski definition) is 22. The number of pyridine rings is 2. The van der Waals surface area contributed by atoms with Crippen molar-refractivity contribution in [2.45, 2.75) is 129 Å². The normalized spacial score (nSPS) is 16.2. The van der Waals surface area contributed by atoms with E-state index in [4.69, 9.17) is 105 Å². The number of hydrogen-bond donors (Lipinski definition) is 2. The first-order valence-corrected chi connectivity index (χ1v) is 53.8. The fourth-order valence-corrected chi connectivity index (χ4v) is 27.6. The molecule has 0 fully saturated rings. The van der Waals surface area contributed by atoms with Crippen LogP contribution in [-0.2, 0) is 102 Å². The first-order valence-electron chi connectivity index (χ1n) is 50.0. The van der Waals surface area contributed by atoms with Gasteiger partial charge in [0.05, 0.1) is 244 Å². The van der Waals surface area contributed by atoms with E-state index in [1.807, 2.05) is 0 Å². The molecule has 0 saturated carbocycles. The Bertz CT molecular complexity index is 5310. The zero-order chi connectivity index (χ0) is 96.6. The lowest BCUT2D eigenvalue weighted by molar-refractivity contribution is -0.0224. The second kappa shape index (κ2) is 54.7. The van der Waals surface area contributed by atoms with E-state index in [1.165, 1.54) is 20.7 Å². The minimum absolute atomic E-state index is 0.0949. The molecule has 0 atom stereocenters. The van der Waals surface area contributed by atoms with Crippen LogP contribution in [0.4, 0.5) is 0 Å². The number of benzene rings is 6. The number of ether oxygens (including phenoxy) is 16. The molecule has 24 nitrogen and oxygen atoms in total. The van der Waals surface area contributed by atoms with E-state index in [0.29, 0.717) is 219 Å². The van der Waals surface area contributed by atoms with Crippen molar-refractivity contribution < 1.29 is 84.6 Å². The Kier molecular flexibility index (Phi) is 40.6. The van der Waals surface area contributed by atoms with Gasteiger partial charge in [-0.15, -0.1) is 0 Å². The summed E-state index contributed by atoms with van der Waals surface area (Å²) in [5.41, 5.74) is 15.7.